The van der Waals surface area contributed by atoms with E-state index in [-0.39, 0.29) is 12.4 Å². The molecule has 0 radical (unpaired) electrons. The Morgan fingerprint density at radius 3 is 2.00 bits per heavy atom. The lowest BCUT2D eigenvalue weighted by Crippen LogP contribution is -2.04. The van der Waals surface area contributed by atoms with E-state index in [1.54, 1.807) is 0 Å². The maximum atomic E-state index is 12.6. The highest BCUT2D eigenvalue weighted by atomic mass is 35.5. The number of benzene rings is 1. The zero-order valence-electron chi connectivity index (χ0n) is 6.37. The van der Waals surface area contributed by atoms with Crippen LogP contribution in [0.4, 0.5) is 13.2 Å². The Bertz CT molecular complexity index is 446. The maximum Gasteiger partial charge on any atom is 0.297 e. The summed E-state index contributed by atoms with van der Waals surface area (Å²) in [5, 5.41) is 0. The second kappa shape index (κ2) is 4.16. The fourth-order valence-corrected chi connectivity index (χ4v) is 1.26. The second-order valence-electron chi connectivity index (χ2n) is 2.15. The number of hydrogen-bond donors (Lipinski definition) is 1. The molecular weight excluding hydrogens is 245 g/mol. The van der Waals surface area contributed by atoms with Gasteiger partial charge in [-0.25, -0.2) is 13.2 Å². The van der Waals surface area contributed by atoms with Crippen LogP contribution in [0.1, 0.15) is 0 Å². The van der Waals surface area contributed by atoms with Gasteiger partial charge >= 0.3 is 0 Å². The monoisotopic (exact) mass is 248 g/mol. The average molecular weight is 249 g/mol. The minimum absolute atomic E-state index is 0. The molecule has 0 aliphatic heterocycles. The van der Waals surface area contributed by atoms with Gasteiger partial charge in [-0.05, 0) is 12.1 Å². The van der Waals surface area contributed by atoms with Crippen molar-refractivity contribution in [1.82, 2.24) is 0 Å². The van der Waals surface area contributed by atoms with Crippen molar-refractivity contribution in [3.8, 4) is 0 Å². The summed E-state index contributed by atoms with van der Waals surface area (Å²) in [7, 11) is -4.85. The minimum Gasteiger partial charge on any atom is -0.282 e. The molecule has 0 heterocycles. The molecule has 0 atom stereocenters. The minimum atomic E-state index is -4.85. The van der Waals surface area contributed by atoms with Crippen LogP contribution in [0.25, 0.3) is 0 Å². The van der Waals surface area contributed by atoms with Gasteiger partial charge in [0.15, 0.2) is 17.5 Å². The summed E-state index contributed by atoms with van der Waals surface area (Å²) in [5.41, 5.74) is 0. The summed E-state index contributed by atoms with van der Waals surface area (Å²) in [6, 6.07) is 0.838. The Hall–Kier alpha value is -0.790. The Labute approximate surface area is 83.7 Å². The number of hydrogen-bond acceptors (Lipinski definition) is 2. The fraction of sp³-hybridized carbons (Fsp3) is 0. The van der Waals surface area contributed by atoms with E-state index in [1.807, 2.05) is 0 Å². The predicted molar refractivity (Wildman–Crippen MR) is 43.4 cm³/mol. The Morgan fingerprint density at radius 2 is 1.57 bits per heavy atom. The van der Waals surface area contributed by atoms with E-state index < -0.39 is 32.5 Å². The molecule has 8 heteroatoms. The van der Waals surface area contributed by atoms with E-state index in [0.717, 1.165) is 0 Å². The molecule has 0 amide bonds. The standard InChI is InChI=1S/C6H3F3O3S.ClH/c7-3-1-2-4(13(10,11)12)6(9)5(3)8;/h1-2H,(H,10,11,12);1H. The zero-order chi connectivity index (χ0) is 10.2. The van der Waals surface area contributed by atoms with Crippen molar-refractivity contribution in [2.75, 3.05) is 0 Å². The molecule has 1 rings (SSSR count). The lowest BCUT2D eigenvalue weighted by atomic mass is 10.3. The molecule has 0 spiro atoms. The molecule has 0 unspecified atom stereocenters. The van der Waals surface area contributed by atoms with E-state index in [2.05, 4.69) is 0 Å². The molecule has 14 heavy (non-hydrogen) atoms. The lowest BCUT2D eigenvalue weighted by molar-refractivity contribution is 0.422. The smallest absolute Gasteiger partial charge is 0.282 e. The Balaban J connectivity index is 0.00000169. The van der Waals surface area contributed by atoms with Crippen LogP contribution in [0.5, 0.6) is 0 Å². The molecular formula is C6H4ClF3O3S. The van der Waals surface area contributed by atoms with E-state index in [4.69, 9.17) is 4.55 Å². The van der Waals surface area contributed by atoms with Gasteiger partial charge in [0.25, 0.3) is 10.1 Å². The van der Waals surface area contributed by atoms with Gasteiger partial charge < -0.3 is 0 Å². The topological polar surface area (TPSA) is 54.4 Å². The Morgan fingerprint density at radius 1 is 1.07 bits per heavy atom. The van der Waals surface area contributed by atoms with Crippen LogP contribution in [0.3, 0.4) is 0 Å². The van der Waals surface area contributed by atoms with E-state index in [0.29, 0.717) is 12.1 Å². The molecule has 0 bridgehead atoms. The predicted octanol–water partition coefficient (Wildman–Crippen LogP) is 1.77. The normalized spacial score (nSPS) is 10.9. The highest BCUT2D eigenvalue weighted by Crippen LogP contribution is 2.18. The molecule has 0 aromatic heterocycles. The summed E-state index contributed by atoms with van der Waals surface area (Å²) in [6.07, 6.45) is 0. The van der Waals surface area contributed by atoms with Crippen LogP contribution in [-0.2, 0) is 10.1 Å². The quantitative estimate of drug-likeness (QED) is 0.609. The summed E-state index contributed by atoms with van der Waals surface area (Å²) in [4.78, 5) is -1.29. The molecule has 0 aliphatic carbocycles. The van der Waals surface area contributed by atoms with Crippen molar-refractivity contribution in [1.29, 1.82) is 0 Å². The van der Waals surface area contributed by atoms with Gasteiger partial charge in [-0.3, -0.25) is 4.55 Å². The molecule has 0 fully saturated rings. The third-order valence-electron chi connectivity index (χ3n) is 1.28. The lowest BCUT2D eigenvalue weighted by Gasteiger charge is -1.99. The van der Waals surface area contributed by atoms with Crippen LogP contribution in [0.15, 0.2) is 17.0 Å². The molecule has 80 valence electrons. The van der Waals surface area contributed by atoms with Crippen molar-refractivity contribution in [2.24, 2.45) is 0 Å². The summed E-state index contributed by atoms with van der Waals surface area (Å²) < 4.78 is 66.3. The first kappa shape index (κ1) is 13.2. The fourth-order valence-electron chi connectivity index (χ4n) is 0.707. The van der Waals surface area contributed by atoms with Crippen LogP contribution < -0.4 is 0 Å². The first-order valence-corrected chi connectivity index (χ1v) is 4.39. The van der Waals surface area contributed by atoms with Crippen molar-refractivity contribution in [3.63, 3.8) is 0 Å². The molecule has 1 aromatic carbocycles. The maximum absolute atomic E-state index is 12.6. The van der Waals surface area contributed by atoms with Crippen LogP contribution in [-0.4, -0.2) is 13.0 Å². The largest absolute Gasteiger partial charge is 0.297 e. The third kappa shape index (κ3) is 2.37. The molecule has 0 saturated heterocycles. The zero-order valence-corrected chi connectivity index (χ0v) is 8.00. The summed E-state index contributed by atoms with van der Waals surface area (Å²) in [5.74, 6) is -5.39. The molecule has 0 saturated carbocycles. The van der Waals surface area contributed by atoms with Crippen LogP contribution in [0, 0.1) is 17.5 Å². The van der Waals surface area contributed by atoms with Crippen molar-refractivity contribution in [3.05, 3.63) is 29.6 Å². The third-order valence-corrected chi connectivity index (χ3v) is 2.15. The Kier molecular flexibility index (Phi) is 3.92. The van der Waals surface area contributed by atoms with Gasteiger partial charge in [-0.15, -0.1) is 12.4 Å². The molecule has 1 aromatic rings. The average Bonchev–Trinajstić information content (AvgIpc) is 1.98. The molecule has 0 aliphatic rings. The summed E-state index contributed by atoms with van der Waals surface area (Å²) in [6.45, 7) is 0. The molecule has 1 N–H and O–H groups in total. The van der Waals surface area contributed by atoms with Crippen molar-refractivity contribution in [2.45, 2.75) is 4.90 Å². The van der Waals surface area contributed by atoms with Gasteiger partial charge in [0.05, 0.1) is 0 Å². The highest BCUT2D eigenvalue weighted by Gasteiger charge is 2.21. The first-order valence-electron chi connectivity index (χ1n) is 2.95. The van der Waals surface area contributed by atoms with Crippen LogP contribution >= 0.6 is 12.4 Å². The number of halogens is 4. The highest BCUT2D eigenvalue weighted by molar-refractivity contribution is 7.85. The van der Waals surface area contributed by atoms with Gasteiger partial charge in [0, 0.05) is 0 Å². The number of rotatable bonds is 1. The van der Waals surface area contributed by atoms with Gasteiger partial charge in [-0.1, -0.05) is 0 Å². The van der Waals surface area contributed by atoms with Crippen LogP contribution in [0.2, 0.25) is 0 Å². The van der Waals surface area contributed by atoms with E-state index in [1.165, 1.54) is 0 Å². The van der Waals surface area contributed by atoms with E-state index >= 15 is 0 Å². The summed E-state index contributed by atoms with van der Waals surface area (Å²) >= 11 is 0. The second-order valence-corrected chi connectivity index (χ2v) is 3.54. The SMILES string of the molecule is Cl.O=S(=O)(O)c1ccc(F)c(F)c1F. The first-order chi connectivity index (χ1) is 5.84. The molecule has 3 nitrogen and oxygen atoms in total. The van der Waals surface area contributed by atoms with Gasteiger partial charge in [-0.2, -0.15) is 8.42 Å². The van der Waals surface area contributed by atoms with Gasteiger partial charge in [0.1, 0.15) is 4.90 Å². The van der Waals surface area contributed by atoms with Gasteiger partial charge in [0.2, 0.25) is 0 Å². The van der Waals surface area contributed by atoms with Crippen molar-refractivity contribution < 1.29 is 26.1 Å². The van der Waals surface area contributed by atoms with Crippen molar-refractivity contribution >= 4 is 22.5 Å². The van der Waals surface area contributed by atoms with E-state index in [9.17, 15) is 21.6 Å².